The lowest BCUT2D eigenvalue weighted by molar-refractivity contribution is -0.113. The highest BCUT2D eigenvalue weighted by molar-refractivity contribution is 7.99. The fraction of sp³-hybridized carbons (Fsp3) is 0.118. The summed E-state index contributed by atoms with van der Waals surface area (Å²) in [5.41, 5.74) is 0.514. The van der Waals surface area contributed by atoms with Crippen molar-refractivity contribution in [2.75, 3.05) is 11.1 Å². The first-order valence-corrected chi connectivity index (χ1v) is 8.84. The van der Waals surface area contributed by atoms with Crippen LogP contribution < -0.4 is 10.1 Å². The number of carbonyl (C=O) groups excluding carboxylic acids is 1. The van der Waals surface area contributed by atoms with Gasteiger partial charge in [0.1, 0.15) is 11.6 Å². The highest BCUT2D eigenvalue weighted by Gasteiger charge is 2.10. The first-order valence-electron chi connectivity index (χ1n) is 7.47. The molecule has 0 saturated heterocycles. The van der Waals surface area contributed by atoms with E-state index >= 15 is 0 Å². The molecule has 1 amide bonds. The van der Waals surface area contributed by atoms with Gasteiger partial charge < -0.3 is 14.5 Å². The molecular weight excluding hydrogens is 381 g/mol. The van der Waals surface area contributed by atoms with Crippen molar-refractivity contribution in [3.63, 3.8) is 0 Å². The number of halogens is 2. The summed E-state index contributed by atoms with van der Waals surface area (Å²) in [6.45, 7) is 0.108. The molecule has 9 heteroatoms. The zero-order valence-electron chi connectivity index (χ0n) is 13.3. The third kappa shape index (κ3) is 5.47. The van der Waals surface area contributed by atoms with E-state index in [4.69, 9.17) is 20.8 Å². The molecule has 3 rings (SSSR count). The van der Waals surface area contributed by atoms with Crippen LogP contribution in [0.2, 0.25) is 5.02 Å². The molecule has 0 unspecified atom stereocenters. The molecule has 0 spiro atoms. The van der Waals surface area contributed by atoms with Gasteiger partial charge in [-0.05, 0) is 48.5 Å². The van der Waals surface area contributed by atoms with E-state index in [2.05, 4.69) is 15.5 Å². The zero-order valence-corrected chi connectivity index (χ0v) is 14.9. The Morgan fingerprint density at radius 3 is 2.62 bits per heavy atom. The zero-order chi connectivity index (χ0) is 18.4. The minimum Gasteiger partial charge on any atom is -0.484 e. The minimum absolute atomic E-state index is 0.0804. The number of hydrogen-bond acceptors (Lipinski definition) is 6. The number of ether oxygens (including phenoxy) is 1. The first kappa shape index (κ1) is 18.2. The van der Waals surface area contributed by atoms with E-state index in [9.17, 15) is 9.18 Å². The quantitative estimate of drug-likeness (QED) is 0.607. The van der Waals surface area contributed by atoms with Crippen molar-refractivity contribution >= 4 is 35.0 Å². The summed E-state index contributed by atoms with van der Waals surface area (Å²) in [6.07, 6.45) is 0. The van der Waals surface area contributed by atoms with Crippen molar-refractivity contribution in [3.8, 4) is 5.75 Å². The van der Waals surface area contributed by atoms with Crippen molar-refractivity contribution in [1.82, 2.24) is 10.2 Å². The number of carbonyl (C=O) groups is 1. The molecule has 134 valence electrons. The lowest BCUT2D eigenvalue weighted by Crippen LogP contribution is -2.13. The monoisotopic (exact) mass is 393 g/mol. The van der Waals surface area contributed by atoms with Gasteiger partial charge in [0.05, 0.1) is 5.75 Å². The van der Waals surface area contributed by atoms with E-state index in [1.165, 1.54) is 24.3 Å². The number of amides is 1. The lowest BCUT2D eigenvalue weighted by atomic mass is 10.3. The standard InChI is InChI=1S/C17H13ClFN3O3S/c18-11-1-7-14(8-2-11)24-9-16-21-22-17(25-16)26-10-15(23)20-13-5-3-12(19)4-6-13/h1-8H,9-10H2,(H,20,23). The second kappa shape index (κ2) is 8.68. The highest BCUT2D eigenvalue weighted by Crippen LogP contribution is 2.19. The summed E-state index contributed by atoms with van der Waals surface area (Å²) < 4.78 is 23.7. The van der Waals surface area contributed by atoms with Gasteiger partial charge in [0, 0.05) is 10.7 Å². The summed E-state index contributed by atoms with van der Waals surface area (Å²) in [4.78, 5) is 11.9. The van der Waals surface area contributed by atoms with Crippen LogP contribution in [0.25, 0.3) is 0 Å². The second-order valence-electron chi connectivity index (χ2n) is 5.05. The summed E-state index contributed by atoms with van der Waals surface area (Å²) in [5, 5.41) is 11.2. The number of thioether (sulfide) groups is 1. The van der Waals surface area contributed by atoms with E-state index < -0.39 is 0 Å². The number of hydrogen-bond donors (Lipinski definition) is 1. The van der Waals surface area contributed by atoms with E-state index in [1.54, 1.807) is 24.3 Å². The topological polar surface area (TPSA) is 77.2 Å². The molecule has 6 nitrogen and oxygen atoms in total. The van der Waals surface area contributed by atoms with Gasteiger partial charge in [0.2, 0.25) is 5.91 Å². The van der Waals surface area contributed by atoms with Gasteiger partial charge in [-0.1, -0.05) is 23.4 Å². The Morgan fingerprint density at radius 1 is 1.15 bits per heavy atom. The predicted molar refractivity (Wildman–Crippen MR) is 95.8 cm³/mol. The Kier molecular flexibility index (Phi) is 6.08. The molecule has 3 aromatic rings. The maximum absolute atomic E-state index is 12.8. The normalized spacial score (nSPS) is 10.5. The predicted octanol–water partition coefficient (Wildman–Crippen LogP) is 4.17. The van der Waals surface area contributed by atoms with Crippen molar-refractivity contribution < 1.29 is 18.3 Å². The largest absolute Gasteiger partial charge is 0.484 e. The first-order chi connectivity index (χ1) is 12.6. The van der Waals surface area contributed by atoms with Crippen molar-refractivity contribution in [1.29, 1.82) is 0 Å². The Hall–Kier alpha value is -2.58. The van der Waals surface area contributed by atoms with Gasteiger partial charge >= 0.3 is 0 Å². The van der Waals surface area contributed by atoms with E-state index in [0.29, 0.717) is 22.4 Å². The van der Waals surface area contributed by atoms with Crippen LogP contribution in [-0.2, 0) is 11.4 Å². The smallest absolute Gasteiger partial charge is 0.277 e. The molecule has 0 aliphatic carbocycles. The summed E-state index contributed by atoms with van der Waals surface area (Å²) in [7, 11) is 0. The molecule has 1 heterocycles. The second-order valence-corrected chi connectivity index (χ2v) is 6.41. The molecule has 0 saturated carbocycles. The molecule has 1 aromatic heterocycles. The molecule has 0 fully saturated rings. The molecule has 26 heavy (non-hydrogen) atoms. The molecule has 0 aliphatic heterocycles. The number of nitrogens with one attached hydrogen (secondary N) is 1. The van der Waals surface area contributed by atoms with Crippen molar-refractivity contribution in [2.45, 2.75) is 11.8 Å². The molecular formula is C17H13ClFN3O3S. The Balaban J connectivity index is 1.45. The molecule has 1 N–H and O–H groups in total. The van der Waals surface area contributed by atoms with Crippen LogP contribution in [0.4, 0.5) is 10.1 Å². The maximum atomic E-state index is 12.8. The summed E-state index contributed by atoms with van der Waals surface area (Å²) in [6, 6.07) is 12.4. The van der Waals surface area contributed by atoms with Crippen LogP contribution in [0.5, 0.6) is 5.75 Å². The molecule has 0 radical (unpaired) electrons. The molecule has 0 aliphatic rings. The number of rotatable bonds is 7. The van der Waals surface area contributed by atoms with Gasteiger partial charge in [-0.15, -0.1) is 10.2 Å². The highest BCUT2D eigenvalue weighted by atomic mass is 35.5. The van der Waals surface area contributed by atoms with Crippen LogP contribution in [0.3, 0.4) is 0 Å². The SMILES string of the molecule is O=C(CSc1nnc(COc2ccc(Cl)cc2)o1)Nc1ccc(F)cc1. The van der Waals surface area contributed by atoms with Crippen LogP contribution >= 0.6 is 23.4 Å². The van der Waals surface area contributed by atoms with Crippen LogP contribution in [0, 0.1) is 5.82 Å². The van der Waals surface area contributed by atoms with Gasteiger partial charge in [0.25, 0.3) is 11.1 Å². The third-order valence-corrected chi connectivity index (χ3v) is 4.15. The number of aromatic nitrogens is 2. The number of nitrogens with zero attached hydrogens (tertiary/aromatic N) is 2. The summed E-state index contributed by atoms with van der Waals surface area (Å²) >= 11 is 6.90. The number of anilines is 1. The van der Waals surface area contributed by atoms with Crippen LogP contribution in [0.1, 0.15) is 5.89 Å². The van der Waals surface area contributed by atoms with Crippen LogP contribution in [-0.4, -0.2) is 21.9 Å². The fourth-order valence-electron chi connectivity index (χ4n) is 1.89. The lowest BCUT2D eigenvalue weighted by Gasteiger charge is -2.03. The van der Waals surface area contributed by atoms with Gasteiger partial charge in [0.15, 0.2) is 6.61 Å². The number of benzene rings is 2. The average molecular weight is 394 g/mol. The van der Waals surface area contributed by atoms with Crippen molar-refractivity contribution in [2.24, 2.45) is 0 Å². The van der Waals surface area contributed by atoms with Crippen molar-refractivity contribution in [3.05, 3.63) is 65.3 Å². The molecule has 0 atom stereocenters. The Morgan fingerprint density at radius 2 is 1.88 bits per heavy atom. The Labute approximate surface area is 157 Å². The third-order valence-electron chi connectivity index (χ3n) is 3.08. The minimum atomic E-state index is -0.364. The van der Waals surface area contributed by atoms with E-state index in [1.807, 2.05) is 0 Å². The van der Waals surface area contributed by atoms with E-state index in [-0.39, 0.29) is 29.3 Å². The van der Waals surface area contributed by atoms with Gasteiger partial charge in [-0.25, -0.2) is 4.39 Å². The Bertz CT molecular complexity index is 872. The van der Waals surface area contributed by atoms with Gasteiger partial charge in [-0.3, -0.25) is 4.79 Å². The maximum Gasteiger partial charge on any atom is 0.277 e. The van der Waals surface area contributed by atoms with Crippen LogP contribution in [0.15, 0.2) is 58.2 Å². The van der Waals surface area contributed by atoms with E-state index in [0.717, 1.165) is 11.8 Å². The molecule has 2 aromatic carbocycles. The summed E-state index contributed by atoms with van der Waals surface area (Å²) in [5.74, 6) is 0.370. The van der Waals surface area contributed by atoms with Gasteiger partial charge in [-0.2, -0.15) is 0 Å². The molecule has 0 bridgehead atoms. The fourth-order valence-corrected chi connectivity index (χ4v) is 2.59. The average Bonchev–Trinajstić information content (AvgIpc) is 3.09.